The summed E-state index contributed by atoms with van der Waals surface area (Å²) in [5, 5.41) is 9.09. The van der Waals surface area contributed by atoms with E-state index in [4.69, 9.17) is 0 Å². The molecule has 9 nitrogen and oxygen atoms in total. The highest BCUT2D eigenvalue weighted by atomic mass is 16.2. The summed E-state index contributed by atoms with van der Waals surface area (Å²) in [7, 11) is 3.59. The summed E-state index contributed by atoms with van der Waals surface area (Å²) in [6, 6.07) is 1.79. The predicted octanol–water partition coefficient (Wildman–Crippen LogP) is 0.272. The average Bonchev–Trinajstić information content (AvgIpc) is 2.65. The molecule has 0 radical (unpaired) electrons. The lowest BCUT2D eigenvalue weighted by Gasteiger charge is -2.39. The zero-order valence-electron chi connectivity index (χ0n) is 15.3. The standard InChI is InChI=1S/C18H23N7O2/c1-19-5-3-4-17(26)25-10-13(11-25)23-14-6-12(7-22-18(14)27)15-8-21-9-16(20-2)24-15/h3-4,6-9,13,19,23H,5,10-11H2,1-2H3,(H,20,24)(H,22,27)/b4-3+. The number of nitrogens with one attached hydrogen (secondary N) is 4. The maximum Gasteiger partial charge on any atom is 0.271 e. The highest BCUT2D eigenvalue weighted by Gasteiger charge is 2.29. The van der Waals surface area contributed by atoms with Gasteiger partial charge in [0.15, 0.2) is 0 Å². The Morgan fingerprint density at radius 1 is 1.37 bits per heavy atom. The van der Waals surface area contributed by atoms with Crippen LogP contribution in [0.25, 0.3) is 11.3 Å². The molecule has 0 bridgehead atoms. The minimum Gasteiger partial charge on any atom is -0.374 e. The van der Waals surface area contributed by atoms with Gasteiger partial charge in [0, 0.05) is 44.5 Å². The van der Waals surface area contributed by atoms with Crippen LogP contribution in [-0.4, -0.2) is 65.5 Å². The summed E-state index contributed by atoms with van der Waals surface area (Å²) in [5.74, 6) is 0.623. The number of aromatic nitrogens is 3. The van der Waals surface area contributed by atoms with Gasteiger partial charge in [0.2, 0.25) is 5.91 Å². The molecular formula is C18H23N7O2. The Morgan fingerprint density at radius 3 is 2.93 bits per heavy atom. The lowest BCUT2D eigenvalue weighted by atomic mass is 10.1. The first-order valence-corrected chi connectivity index (χ1v) is 8.70. The van der Waals surface area contributed by atoms with E-state index in [1.165, 1.54) is 0 Å². The first-order chi connectivity index (χ1) is 13.1. The van der Waals surface area contributed by atoms with Crippen LogP contribution in [0.1, 0.15) is 0 Å². The third-order valence-corrected chi connectivity index (χ3v) is 4.22. The number of amides is 1. The molecule has 9 heteroatoms. The maximum atomic E-state index is 12.1. The van der Waals surface area contributed by atoms with Gasteiger partial charge in [-0.2, -0.15) is 0 Å². The summed E-state index contributed by atoms with van der Waals surface area (Å²) < 4.78 is 0. The van der Waals surface area contributed by atoms with Gasteiger partial charge in [-0.3, -0.25) is 14.6 Å². The molecule has 0 spiro atoms. The van der Waals surface area contributed by atoms with Crippen molar-refractivity contribution in [3.05, 3.63) is 47.2 Å². The molecule has 1 aliphatic heterocycles. The van der Waals surface area contributed by atoms with Crippen molar-refractivity contribution in [1.82, 2.24) is 25.2 Å². The first-order valence-electron chi connectivity index (χ1n) is 8.70. The fourth-order valence-corrected chi connectivity index (χ4v) is 2.72. The number of rotatable bonds is 7. The molecule has 0 atom stereocenters. The first kappa shape index (κ1) is 18.6. The van der Waals surface area contributed by atoms with Gasteiger partial charge in [0.25, 0.3) is 5.56 Å². The summed E-state index contributed by atoms with van der Waals surface area (Å²) in [6.45, 7) is 1.77. The third kappa shape index (κ3) is 4.50. The van der Waals surface area contributed by atoms with E-state index in [0.717, 1.165) is 5.56 Å². The van der Waals surface area contributed by atoms with Crippen LogP contribution >= 0.6 is 0 Å². The molecule has 142 valence electrons. The number of hydrogen-bond donors (Lipinski definition) is 4. The second-order valence-electron chi connectivity index (χ2n) is 6.22. The third-order valence-electron chi connectivity index (χ3n) is 4.22. The van der Waals surface area contributed by atoms with Crippen molar-refractivity contribution in [2.45, 2.75) is 6.04 Å². The smallest absolute Gasteiger partial charge is 0.271 e. The van der Waals surface area contributed by atoms with E-state index in [1.54, 1.807) is 48.8 Å². The number of carbonyl (C=O) groups excluding carboxylic acids is 1. The van der Waals surface area contributed by atoms with Crippen molar-refractivity contribution in [3.63, 3.8) is 0 Å². The fraction of sp³-hybridized carbons (Fsp3) is 0.333. The number of carbonyl (C=O) groups is 1. The van der Waals surface area contributed by atoms with Crippen LogP contribution in [0.5, 0.6) is 0 Å². The number of hydrogen-bond acceptors (Lipinski definition) is 7. The van der Waals surface area contributed by atoms with Crippen LogP contribution < -0.4 is 21.5 Å². The lowest BCUT2D eigenvalue weighted by molar-refractivity contribution is -0.129. The second kappa shape index (κ2) is 8.45. The molecule has 2 aromatic rings. The van der Waals surface area contributed by atoms with Gasteiger partial charge < -0.3 is 25.8 Å². The van der Waals surface area contributed by atoms with Gasteiger partial charge in [0.1, 0.15) is 11.5 Å². The Bertz CT molecular complexity index is 887. The summed E-state index contributed by atoms with van der Waals surface area (Å²) >= 11 is 0. The number of nitrogens with zero attached hydrogens (tertiary/aromatic N) is 3. The van der Waals surface area contributed by atoms with E-state index in [9.17, 15) is 9.59 Å². The SMILES string of the molecule is CNC/C=C/C(=O)N1CC(Nc2cc(-c3cncc(NC)n3)c[nH]c2=O)C1. The van der Waals surface area contributed by atoms with Gasteiger partial charge in [-0.25, -0.2) is 4.98 Å². The normalized spacial score (nSPS) is 14.2. The fourth-order valence-electron chi connectivity index (χ4n) is 2.72. The number of aromatic amines is 1. The van der Waals surface area contributed by atoms with Crippen LogP contribution in [0.4, 0.5) is 11.5 Å². The molecule has 27 heavy (non-hydrogen) atoms. The van der Waals surface area contributed by atoms with Crippen molar-refractivity contribution in [3.8, 4) is 11.3 Å². The summed E-state index contributed by atoms with van der Waals surface area (Å²) in [5.41, 5.74) is 1.65. The Morgan fingerprint density at radius 2 is 2.19 bits per heavy atom. The molecule has 2 aromatic heterocycles. The van der Waals surface area contributed by atoms with Gasteiger partial charge >= 0.3 is 0 Å². The molecule has 4 N–H and O–H groups in total. The maximum absolute atomic E-state index is 12.1. The minimum atomic E-state index is -0.213. The van der Waals surface area contributed by atoms with Gasteiger partial charge in [0.05, 0.1) is 24.1 Å². The molecule has 0 aliphatic carbocycles. The Balaban J connectivity index is 1.65. The topological polar surface area (TPSA) is 115 Å². The summed E-state index contributed by atoms with van der Waals surface area (Å²) in [6.07, 6.45) is 8.23. The van der Waals surface area contributed by atoms with Crippen molar-refractivity contribution in [2.24, 2.45) is 0 Å². The number of anilines is 2. The van der Waals surface area contributed by atoms with Crippen LogP contribution in [0, 0.1) is 0 Å². The lowest BCUT2D eigenvalue weighted by Crippen LogP contribution is -2.57. The zero-order valence-corrected chi connectivity index (χ0v) is 15.3. The number of likely N-dealkylation sites (tertiary alicyclic amines) is 1. The highest BCUT2D eigenvalue weighted by Crippen LogP contribution is 2.20. The van der Waals surface area contributed by atoms with Crippen LogP contribution in [0.15, 0.2) is 41.6 Å². The second-order valence-corrected chi connectivity index (χ2v) is 6.22. The molecule has 3 rings (SSSR count). The molecule has 1 fully saturated rings. The monoisotopic (exact) mass is 369 g/mol. The quantitative estimate of drug-likeness (QED) is 0.518. The van der Waals surface area contributed by atoms with Crippen LogP contribution in [0.2, 0.25) is 0 Å². The van der Waals surface area contributed by atoms with E-state index in [2.05, 4.69) is 30.9 Å². The Hall–Kier alpha value is -3.20. The van der Waals surface area contributed by atoms with E-state index in [-0.39, 0.29) is 17.5 Å². The number of pyridine rings is 1. The molecule has 0 saturated carbocycles. The van der Waals surface area contributed by atoms with E-state index < -0.39 is 0 Å². The largest absolute Gasteiger partial charge is 0.374 e. The minimum absolute atomic E-state index is 0.0230. The van der Waals surface area contributed by atoms with E-state index >= 15 is 0 Å². The van der Waals surface area contributed by atoms with Gasteiger partial charge in [-0.15, -0.1) is 0 Å². The number of H-pyrrole nitrogens is 1. The average molecular weight is 369 g/mol. The van der Waals surface area contributed by atoms with E-state index in [1.807, 2.05) is 7.05 Å². The predicted molar refractivity (Wildman–Crippen MR) is 105 cm³/mol. The Kier molecular flexibility index (Phi) is 5.82. The molecule has 1 aliphatic rings. The zero-order chi connectivity index (χ0) is 19.2. The van der Waals surface area contributed by atoms with Gasteiger partial charge in [-0.05, 0) is 13.1 Å². The van der Waals surface area contributed by atoms with Crippen molar-refractivity contribution in [2.75, 3.05) is 44.4 Å². The van der Waals surface area contributed by atoms with Crippen LogP contribution in [-0.2, 0) is 4.79 Å². The summed E-state index contributed by atoms with van der Waals surface area (Å²) in [4.78, 5) is 37.1. The molecular weight excluding hydrogens is 346 g/mol. The van der Waals surface area contributed by atoms with E-state index in [0.29, 0.717) is 36.8 Å². The molecule has 1 amide bonds. The van der Waals surface area contributed by atoms with Crippen molar-refractivity contribution >= 4 is 17.4 Å². The van der Waals surface area contributed by atoms with Crippen molar-refractivity contribution < 1.29 is 4.79 Å². The molecule has 0 aromatic carbocycles. The highest BCUT2D eigenvalue weighted by molar-refractivity contribution is 5.88. The molecule has 1 saturated heterocycles. The van der Waals surface area contributed by atoms with Crippen LogP contribution in [0.3, 0.4) is 0 Å². The number of likely N-dealkylation sites (N-methyl/N-ethyl adjacent to an activating group) is 1. The van der Waals surface area contributed by atoms with Gasteiger partial charge in [-0.1, -0.05) is 6.08 Å². The van der Waals surface area contributed by atoms with Crippen molar-refractivity contribution in [1.29, 1.82) is 0 Å². The Labute approximate surface area is 156 Å². The molecule has 0 unspecified atom stereocenters. The molecule has 3 heterocycles.